The number of aromatic hydroxyl groups is 1. The summed E-state index contributed by atoms with van der Waals surface area (Å²) in [5.74, 6) is -0.436. The molecular formula is C44H47FN4O8. The van der Waals surface area contributed by atoms with Crippen molar-refractivity contribution >= 4 is 23.0 Å². The molecule has 1 amide bonds. The number of unbranched alkanes of at least 4 members (excludes halogenated alkanes) is 1. The Kier molecular flexibility index (Phi) is 12.8. The second kappa shape index (κ2) is 18.5. The Morgan fingerprint density at radius 2 is 1.74 bits per heavy atom. The van der Waals surface area contributed by atoms with Crippen LogP contribution in [0.2, 0.25) is 0 Å². The van der Waals surface area contributed by atoms with Crippen molar-refractivity contribution in [2.24, 2.45) is 5.92 Å². The Labute approximate surface area is 329 Å². The van der Waals surface area contributed by atoms with Crippen molar-refractivity contribution in [1.29, 1.82) is 0 Å². The molecule has 2 bridgehead atoms. The van der Waals surface area contributed by atoms with E-state index in [0.29, 0.717) is 47.6 Å². The van der Waals surface area contributed by atoms with Crippen LogP contribution in [0.5, 0.6) is 11.5 Å². The fourth-order valence-corrected chi connectivity index (χ4v) is 7.64. The Bertz CT molecular complexity index is 2230. The maximum Gasteiger partial charge on any atom is 0.408 e. The summed E-state index contributed by atoms with van der Waals surface area (Å²) in [6, 6.07) is 26.4. The summed E-state index contributed by atoms with van der Waals surface area (Å²) in [5.41, 5.74) is 2.66. The van der Waals surface area contributed by atoms with E-state index in [9.17, 15) is 29.0 Å². The number of aromatic amines is 1. The largest absolute Gasteiger partial charge is 0.506 e. The van der Waals surface area contributed by atoms with Gasteiger partial charge in [-0.05, 0) is 116 Å². The number of aliphatic hydroxyl groups excluding tert-OH is 1. The molecule has 0 aliphatic carbocycles. The molecular weight excluding hydrogens is 732 g/mol. The van der Waals surface area contributed by atoms with Gasteiger partial charge in [-0.15, -0.1) is 0 Å². The zero-order valence-electron chi connectivity index (χ0n) is 31.5. The molecule has 5 aromatic rings. The van der Waals surface area contributed by atoms with Crippen LogP contribution < -0.4 is 20.9 Å². The first-order valence-electron chi connectivity index (χ1n) is 19.4. The monoisotopic (exact) mass is 778 g/mol. The molecule has 0 radical (unpaired) electrons. The number of fused-ring (bicyclic) bond motifs is 4. The number of aromatic nitrogens is 1. The average Bonchev–Trinajstić information content (AvgIpc) is 3.22. The van der Waals surface area contributed by atoms with Crippen LogP contribution in [0.3, 0.4) is 0 Å². The van der Waals surface area contributed by atoms with Gasteiger partial charge in [-0.25, -0.2) is 14.0 Å². The number of hydrogen-bond acceptors (Lipinski definition) is 10. The summed E-state index contributed by atoms with van der Waals surface area (Å²) in [6.07, 6.45) is 1.78. The molecule has 8 rings (SSSR count). The first-order chi connectivity index (χ1) is 27.7. The number of carbonyl (C=O) groups excluding carboxylic acids is 2. The zero-order chi connectivity index (χ0) is 39.7. The molecule has 298 valence electrons. The molecule has 57 heavy (non-hydrogen) atoms. The number of pyridine rings is 1. The van der Waals surface area contributed by atoms with Gasteiger partial charge in [0.25, 0.3) is 0 Å². The number of nitrogens with zero attached hydrogens (tertiary/aromatic N) is 1. The van der Waals surface area contributed by atoms with Gasteiger partial charge >= 0.3 is 12.1 Å². The highest BCUT2D eigenvalue weighted by atomic mass is 19.1. The number of rotatable bonds is 16. The highest BCUT2D eigenvalue weighted by Gasteiger charge is 2.37. The summed E-state index contributed by atoms with van der Waals surface area (Å²) < 4.78 is 32.1. The molecule has 4 heterocycles. The Morgan fingerprint density at radius 1 is 0.930 bits per heavy atom. The van der Waals surface area contributed by atoms with E-state index >= 15 is 0 Å². The second-order valence-corrected chi connectivity index (χ2v) is 14.6. The normalized spacial score (nSPS) is 18.5. The highest BCUT2D eigenvalue weighted by molar-refractivity contribution is 5.89. The summed E-state index contributed by atoms with van der Waals surface area (Å²) in [6.45, 7) is 3.75. The third-order valence-corrected chi connectivity index (χ3v) is 10.6. The number of amides is 1. The number of piperidine rings is 3. The standard InChI is InChI=1S/C44H47FN4O8/c45-33-22-28(21-32(23-33)43(53)55-20-5-4-17-46-25-38(51)35-11-13-37(50)42-36(35)12-14-40(52)47-42)27-56-34-10-6-9-31(24-34)41(30-7-2-1-3-8-30)48-44(54)57-39-26-49-18-15-29(39)16-19-49/h1-3,6-14,21-24,29,38-39,41,46,50-51H,4-5,15-20,25-27H2,(H,47,52)(H,48,54)/t38-,39-,41-/m0/s1. The third kappa shape index (κ3) is 10.2. The van der Waals surface area contributed by atoms with Crippen LogP contribution in [0.4, 0.5) is 9.18 Å². The van der Waals surface area contributed by atoms with Crippen molar-refractivity contribution < 1.29 is 38.4 Å². The molecule has 0 spiro atoms. The summed E-state index contributed by atoms with van der Waals surface area (Å²) in [5, 5.41) is 27.6. The first-order valence-corrected chi connectivity index (χ1v) is 19.4. The molecule has 13 heteroatoms. The minimum atomic E-state index is -0.884. The van der Waals surface area contributed by atoms with Gasteiger partial charge in [0.1, 0.15) is 30.0 Å². The number of phenolic OH excluding ortho intramolecular Hbond substituents is 1. The van der Waals surface area contributed by atoms with Crippen molar-refractivity contribution in [2.45, 2.75) is 50.5 Å². The van der Waals surface area contributed by atoms with Crippen LogP contribution in [0.1, 0.15) is 70.4 Å². The molecule has 3 atom stereocenters. The zero-order valence-corrected chi connectivity index (χ0v) is 31.5. The van der Waals surface area contributed by atoms with Crippen LogP contribution >= 0.6 is 0 Å². The van der Waals surface area contributed by atoms with Gasteiger partial charge in [0.2, 0.25) is 5.56 Å². The van der Waals surface area contributed by atoms with E-state index in [-0.39, 0.29) is 48.3 Å². The van der Waals surface area contributed by atoms with E-state index in [1.165, 1.54) is 18.2 Å². The number of hydrogen-bond donors (Lipinski definition) is 5. The lowest BCUT2D eigenvalue weighted by atomic mass is 9.86. The van der Waals surface area contributed by atoms with Crippen LogP contribution in [0, 0.1) is 11.7 Å². The fraction of sp³-hybridized carbons (Fsp3) is 0.341. The number of ether oxygens (including phenoxy) is 3. The van der Waals surface area contributed by atoms with Gasteiger partial charge in [0, 0.05) is 24.5 Å². The molecule has 0 saturated carbocycles. The van der Waals surface area contributed by atoms with Crippen molar-refractivity contribution in [3.63, 3.8) is 0 Å². The minimum absolute atomic E-state index is 0.0120. The molecule has 12 nitrogen and oxygen atoms in total. The van der Waals surface area contributed by atoms with Crippen LogP contribution in [0.15, 0.2) is 102 Å². The number of nitrogens with one attached hydrogen (secondary N) is 3. The van der Waals surface area contributed by atoms with Crippen molar-refractivity contribution in [3.8, 4) is 11.5 Å². The first kappa shape index (κ1) is 39.5. The van der Waals surface area contributed by atoms with Crippen molar-refractivity contribution in [3.05, 3.63) is 141 Å². The molecule has 0 unspecified atom stereocenters. The predicted molar refractivity (Wildman–Crippen MR) is 212 cm³/mol. The Hall–Kier alpha value is -5.76. The van der Waals surface area contributed by atoms with Crippen LogP contribution in [-0.2, 0) is 16.1 Å². The molecule has 3 saturated heterocycles. The maximum absolute atomic E-state index is 14.7. The molecule has 4 aromatic carbocycles. The average molecular weight is 779 g/mol. The number of alkyl carbamates (subject to hydrolysis) is 1. The van der Waals surface area contributed by atoms with E-state index in [0.717, 1.165) is 49.7 Å². The van der Waals surface area contributed by atoms with Crippen LogP contribution in [0.25, 0.3) is 10.9 Å². The van der Waals surface area contributed by atoms with E-state index in [4.69, 9.17) is 14.2 Å². The predicted octanol–water partition coefficient (Wildman–Crippen LogP) is 6.12. The number of phenols is 1. The summed E-state index contributed by atoms with van der Waals surface area (Å²) in [4.78, 5) is 42.7. The summed E-state index contributed by atoms with van der Waals surface area (Å²) >= 11 is 0. The molecule has 1 aromatic heterocycles. The lowest BCUT2D eigenvalue weighted by Gasteiger charge is -2.43. The quantitative estimate of drug-likeness (QED) is 0.0583. The number of halogens is 1. The second-order valence-electron chi connectivity index (χ2n) is 14.6. The number of aliphatic hydroxyl groups is 1. The van der Waals surface area contributed by atoms with Gasteiger partial charge in [-0.1, -0.05) is 48.5 Å². The van der Waals surface area contributed by atoms with Gasteiger partial charge in [-0.3, -0.25) is 9.69 Å². The lowest BCUT2D eigenvalue weighted by molar-refractivity contribution is -0.0336. The number of H-pyrrole nitrogens is 1. The maximum atomic E-state index is 14.7. The topological polar surface area (TPSA) is 162 Å². The van der Waals surface area contributed by atoms with Crippen molar-refractivity contribution in [1.82, 2.24) is 20.5 Å². The van der Waals surface area contributed by atoms with Crippen molar-refractivity contribution in [2.75, 3.05) is 39.3 Å². The van der Waals surface area contributed by atoms with Gasteiger partial charge in [-0.2, -0.15) is 0 Å². The fourth-order valence-electron chi connectivity index (χ4n) is 7.64. The minimum Gasteiger partial charge on any atom is -0.506 e. The third-order valence-electron chi connectivity index (χ3n) is 10.6. The molecule has 3 aliphatic rings. The van der Waals surface area contributed by atoms with E-state index in [1.54, 1.807) is 24.3 Å². The number of carbonyl (C=O) groups is 2. The van der Waals surface area contributed by atoms with Gasteiger partial charge in [0.15, 0.2) is 0 Å². The Balaban J connectivity index is 0.883. The number of esters is 1. The molecule has 5 N–H and O–H groups in total. The van der Waals surface area contributed by atoms with Gasteiger partial charge < -0.3 is 40.0 Å². The smallest absolute Gasteiger partial charge is 0.408 e. The summed E-state index contributed by atoms with van der Waals surface area (Å²) in [7, 11) is 0. The van der Waals surface area contributed by atoms with Gasteiger partial charge in [0.05, 0.1) is 29.8 Å². The SMILES string of the molecule is O=C(N[C@@H](c1ccccc1)c1cccc(OCc2cc(F)cc(C(=O)OCCCCNC[C@H](O)c3ccc(O)c4[nH]c(=O)ccc34)c2)c1)O[C@H]1CN2CCC1CC2. The number of benzene rings is 4. The molecule has 3 aliphatic heterocycles. The van der Waals surface area contributed by atoms with E-state index in [2.05, 4.69) is 20.5 Å². The molecule has 3 fully saturated rings. The van der Waals surface area contributed by atoms with Crippen LogP contribution in [-0.4, -0.2) is 77.6 Å². The Morgan fingerprint density at radius 3 is 2.53 bits per heavy atom. The lowest BCUT2D eigenvalue weighted by Crippen LogP contribution is -2.52. The van der Waals surface area contributed by atoms with E-state index in [1.807, 2.05) is 48.5 Å². The highest BCUT2D eigenvalue weighted by Crippen LogP contribution is 2.31. The van der Waals surface area contributed by atoms with E-state index < -0.39 is 30.0 Å².